The molecular weight excluding hydrogens is 286 g/mol. The minimum Gasteiger partial charge on any atom is -0.392 e. The molecule has 2 aromatic carbocycles. The number of nitrogens with zero attached hydrogens (tertiary/aromatic N) is 1. The Kier molecular flexibility index (Phi) is 3.80. The Morgan fingerprint density at radius 2 is 1.43 bits per heavy atom. The molecule has 0 bridgehead atoms. The molecule has 110 valence electrons. The van der Waals surface area contributed by atoms with E-state index in [0.29, 0.717) is 13.1 Å². The highest BCUT2D eigenvalue weighted by Gasteiger charge is 2.28. The summed E-state index contributed by atoms with van der Waals surface area (Å²) in [5.41, 5.74) is 3.68. The van der Waals surface area contributed by atoms with Crippen molar-refractivity contribution in [3.63, 3.8) is 0 Å². The number of rotatable bonds is 4. The van der Waals surface area contributed by atoms with E-state index in [4.69, 9.17) is 5.11 Å². The van der Waals surface area contributed by atoms with Crippen molar-refractivity contribution >= 4 is 10.0 Å². The minimum absolute atomic E-state index is 0.00724. The molecule has 0 fully saturated rings. The zero-order valence-corrected chi connectivity index (χ0v) is 12.4. The van der Waals surface area contributed by atoms with Gasteiger partial charge in [-0.2, -0.15) is 4.31 Å². The Morgan fingerprint density at radius 1 is 0.905 bits per heavy atom. The lowest BCUT2D eigenvalue weighted by Gasteiger charge is -2.15. The van der Waals surface area contributed by atoms with Gasteiger partial charge in [-0.1, -0.05) is 48.5 Å². The summed E-state index contributed by atoms with van der Waals surface area (Å²) in [6.45, 7) is 0.870. The molecule has 21 heavy (non-hydrogen) atoms. The van der Waals surface area contributed by atoms with E-state index in [9.17, 15) is 8.42 Å². The van der Waals surface area contributed by atoms with Crippen LogP contribution in [-0.4, -0.2) is 17.8 Å². The van der Waals surface area contributed by atoms with Crippen LogP contribution >= 0.6 is 0 Å². The van der Waals surface area contributed by atoms with E-state index in [2.05, 4.69) is 0 Å². The van der Waals surface area contributed by atoms with Crippen LogP contribution < -0.4 is 0 Å². The van der Waals surface area contributed by atoms with E-state index in [-0.39, 0.29) is 12.4 Å². The van der Waals surface area contributed by atoms with Crippen LogP contribution in [0.2, 0.25) is 0 Å². The van der Waals surface area contributed by atoms with Crippen molar-refractivity contribution in [2.75, 3.05) is 0 Å². The first-order valence-corrected chi connectivity index (χ1v) is 8.43. The molecule has 4 nitrogen and oxygen atoms in total. The number of sulfonamides is 1. The second kappa shape index (κ2) is 5.60. The summed E-state index contributed by atoms with van der Waals surface area (Å²) in [5.74, 6) is -0.00724. The van der Waals surface area contributed by atoms with E-state index in [1.54, 1.807) is 24.3 Å². The lowest BCUT2D eigenvalue weighted by Crippen LogP contribution is -2.27. The quantitative estimate of drug-likeness (QED) is 0.940. The summed E-state index contributed by atoms with van der Waals surface area (Å²) in [5, 5.41) is 9.01. The molecule has 1 aliphatic heterocycles. The summed E-state index contributed by atoms with van der Waals surface area (Å²) >= 11 is 0. The van der Waals surface area contributed by atoms with Crippen molar-refractivity contribution in [3.05, 3.63) is 70.8 Å². The standard InChI is InChI=1S/C16H17NO3S/c18-11-13-5-7-14(8-6-13)12-21(19,20)17-9-15-3-1-2-4-16(15)10-17/h1-8,18H,9-12H2. The molecule has 0 atom stereocenters. The van der Waals surface area contributed by atoms with E-state index in [1.807, 2.05) is 24.3 Å². The SMILES string of the molecule is O=S(=O)(Cc1ccc(CO)cc1)N1Cc2ccccc2C1. The molecule has 1 N–H and O–H groups in total. The highest BCUT2D eigenvalue weighted by Crippen LogP contribution is 2.26. The van der Waals surface area contributed by atoms with Gasteiger partial charge in [-0.15, -0.1) is 0 Å². The first kappa shape index (κ1) is 14.3. The first-order valence-electron chi connectivity index (χ1n) is 6.82. The smallest absolute Gasteiger partial charge is 0.218 e. The molecular formula is C16H17NO3S. The zero-order valence-electron chi connectivity index (χ0n) is 11.6. The van der Waals surface area contributed by atoms with Crippen LogP contribution in [0.5, 0.6) is 0 Å². The van der Waals surface area contributed by atoms with Gasteiger partial charge in [-0.25, -0.2) is 8.42 Å². The van der Waals surface area contributed by atoms with Gasteiger partial charge >= 0.3 is 0 Å². The monoisotopic (exact) mass is 303 g/mol. The average Bonchev–Trinajstić information content (AvgIpc) is 2.92. The fourth-order valence-corrected chi connectivity index (χ4v) is 4.01. The second-order valence-electron chi connectivity index (χ2n) is 5.27. The maximum Gasteiger partial charge on any atom is 0.218 e. The Hall–Kier alpha value is -1.69. The molecule has 3 rings (SSSR count). The minimum atomic E-state index is -3.33. The van der Waals surface area contributed by atoms with Gasteiger partial charge in [0.25, 0.3) is 0 Å². The van der Waals surface area contributed by atoms with E-state index in [1.165, 1.54) is 4.31 Å². The van der Waals surface area contributed by atoms with Gasteiger partial charge < -0.3 is 5.11 Å². The lowest BCUT2D eigenvalue weighted by molar-refractivity contribution is 0.282. The molecule has 1 heterocycles. The molecule has 5 heteroatoms. The molecule has 0 amide bonds. The Bertz CT molecular complexity index is 713. The number of hydrogen-bond donors (Lipinski definition) is 1. The second-order valence-corrected chi connectivity index (χ2v) is 7.24. The summed E-state index contributed by atoms with van der Waals surface area (Å²) in [7, 11) is -3.33. The summed E-state index contributed by atoms with van der Waals surface area (Å²) < 4.78 is 26.5. The number of hydrogen-bond acceptors (Lipinski definition) is 3. The molecule has 0 spiro atoms. The van der Waals surface area contributed by atoms with Crippen molar-refractivity contribution < 1.29 is 13.5 Å². The molecule has 0 radical (unpaired) electrons. The molecule has 0 aromatic heterocycles. The topological polar surface area (TPSA) is 57.6 Å². The molecule has 0 aliphatic carbocycles. The maximum atomic E-state index is 12.5. The third-order valence-electron chi connectivity index (χ3n) is 3.76. The number of fused-ring (bicyclic) bond motifs is 1. The summed E-state index contributed by atoms with van der Waals surface area (Å²) in [4.78, 5) is 0. The van der Waals surface area contributed by atoms with Crippen LogP contribution in [0.3, 0.4) is 0 Å². The number of aliphatic hydroxyl groups is 1. The normalized spacial score (nSPS) is 15.1. The third-order valence-corrected chi connectivity index (χ3v) is 5.50. The van der Waals surface area contributed by atoms with Gasteiger partial charge in [-0.3, -0.25) is 0 Å². The largest absolute Gasteiger partial charge is 0.392 e. The van der Waals surface area contributed by atoms with Gasteiger partial charge in [0.1, 0.15) is 0 Å². The van der Waals surface area contributed by atoms with Crippen LogP contribution in [0.1, 0.15) is 22.3 Å². The van der Waals surface area contributed by atoms with Gasteiger partial charge in [0.05, 0.1) is 12.4 Å². The molecule has 2 aromatic rings. The van der Waals surface area contributed by atoms with Crippen LogP contribution in [0.4, 0.5) is 0 Å². The van der Waals surface area contributed by atoms with Gasteiger partial charge in [0, 0.05) is 13.1 Å². The van der Waals surface area contributed by atoms with Crippen LogP contribution in [0, 0.1) is 0 Å². The fraction of sp³-hybridized carbons (Fsp3) is 0.250. The van der Waals surface area contributed by atoms with Crippen molar-refractivity contribution in [2.45, 2.75) is 25.4 Å². The van der Waals surface area contributed by atoms with Crippen molar-refractivity contribution in [1.82, 2.24) is 4.31 Å². The Morgan fingerprint density at radius 3 is 1.95 bits per heavy atom. The summed E-state index contributed by atoms with van der Waals surface area (Å²) in [6, 6.07) is 14.8. The fourth-order valence-electron chi connectivity index (χ4n) is 2.54. The van der Waals surface area contributed by atoms with Crippen molar-refractivity contribution in [2.24, 2.45) is 0 Å². The van der Waals surface area contributed by atoms with Crippen LogP contribution in [0.25, 0.3) is 0 Å². The van der Waals surface area contributed by atoms with Gasteiger partial charge in [-0.05, 0) is 22.3 Å². The number of benzene rings is 2. The molecule has 0 saturated carbocycles. The lowest BCUT2D eigenvalue weighted by atomic mass is 10.1. The predicted octanol–water partition coefficient (Wildman–Crippen LogP) is 2.02. The highest BCUT2D eigenvalue weighted by atomic mass is 32.2. The van der Waals surface area contributed by atoms with E-state index >= 15 is 0 Å². The van der Waals surface area contributed by atoms with E-state index < -0.39 is 10.0 Å². The number of aliphatic hydroxyl groups excluding tert-OH is 1. The van der Waals surface area contributed by atoms with Crippen LogP contribution in [-0.2, 0) is 35.5 Å². The van der Waals surface area contributed by atoms with Crippen LogP contribution in [0.15, 0.2) is 48.5 Å². The molecule has 0 unspecified atom stereocenters. The maximum absolute atomic E-state index is 12.5. The van der Waals surface area contributed by atoms with Gasteiger partial charge in [0.2, 0.25) is 10.0 Å². The van der Waals surface area contributed by atoms with E-state index in [0.717, 1.165) is 22.3 Å². The van der Waals surface area contributed by atoms with Gasteiger partial charge in [0.15, 0.2) is 0 Å². The third kappa shape index (κ3) is 3.00. The Balaban J connectivity index is 1.76. The Labute approximate surface area is 124 Å². The zero-order chi connectivity index (χ0) is 14.9. The molecule has 1 aliphatic rings. The average molecular weight is 303 g/mol. The van der Waals surface area contributed by atoms with Crippen molar-refractivity contribution in [1.29, 1.82) is 0 Å². The van der Waals surface area contributed by atoms with Crippen molar-refractivity contribution in [3.8, 4) is 0 Å². The predicted molar refractivity (Wildman–Crippen MR) is 80.7 cm³/mol. The first-order chi connectivity index (χ1) is 10.1. The summed E-state index contributed by atoms with van der Waals surface area (Å²) in [6.07, 6.45) is 0. The molecule has 0 saturated heterocycles. The highest BCUT2D eigenvalue weighted by molar-refractivity contribution is 7.88.